The molecule has 0 saturated heterocycles. The molecule has 1 aromatic heterocycles. The minimum absolute atomic E-state index is 0.0571. The van der Waals surface area contributed by atoms with Gasteiger partial charge in [0.25, 0.3) is 5.91 Å². The summed E-state index contributed by atoms with van der Waals surface area (Å²) in [6.07, 6.45) is 7.70. The number of carbonyl (C=O) groups excluding carboxylic acids is 1. The summed E-state index contributed by atoms with van der Waals surface area (Å²) in [6, 6.07) is 4.49. The zero-order chi connectivity index (χ0) is 20.3. The van der Waals surface area contributed by atoms with E-state index in [9.17, 15) is 9.18 Å². The van der Waals surface area contributed by atoms with Gasteiger partial charge in [0, 0.05) is 6.04 Å². The van der Waals surface area contributed by atoms with E-state index >= 15 is 0 Å². The van der Waals surface area contributed by atoms with Gasteiger partial charge in [0.2, 0.25) is 0 Å². The fourth-order valence-corrected chi connectivity index (χ4v) is 6.92. The zero-order valence-corrected chi connectivity index (χ0v) is 17.6. The second-order valence-corrected chi connectivity index (χ2v) is 9.94. The molecule has 4 nitrogen and oxygen atoms in total. The van der Waals surface area contributed by atoms with Gasteiger partial charge >= 0.3 is 0 Å². The third kappa shape index (κ3) is 3.09. The van der Waals surface area contributed by atoms with Crippen molar-refractivity contribution in [2.75, 3.05) is 0 Å². The largest absolute Gasteiger partial charge is 0.360 e. The van der Waals surface area contributed by atoms with Crippen LogP contribution in [-0.4, -0.2) is 17.1 Å². The van der Waals surface area contributed by atoms with Gasteiger partial charge in [-0.15, -0.1) is 0 Å². The number of benzene rings is 1. The first-order valence-electron chi connectivity index (χ1n) is 10.6. The molecule has 0 spiro atoms. The lowest BCUT2D eigenvalue weighted by Gasteiger charge is -2.59. The Morgan fingerprint density at radius 1 is 1.24 bits per heavy atom. The molecule has 0 radical (unpaired) electrons. The molecule has 4 fully saturated rings. The molecule has 154 valence electrons. The molecule has 1 N–H and O–H groups in total. The van der Waals surface area contributed by atoms with Crippen LogP contribution in [0.25, 0.3) is 11.3 Å². The smallest absolute Gasteiger partial charge is 0.257 e. The minimum atomic E-state index is -0.519. The average Bonchev–Trinajstić information content (AvgIpc) is 3.01. The monoisotopic (exact) mass is 416 g/mol. The second kappa shape index (κ2) is 6.83. The van der Waals surface area contributed by atoms with Crippen LogP contribution in [0.3, 0.4) is 0 Å². The molecule has 4 saturated carbocycles. The number of carbonyl (C=O) groups is 1. The van der Waals surface area contributed by atoms with Crippen molar-refractivity contribution >= 4 is 17.5 Å². The summed E-state index contributed by atoms with van der Waals surface area (Å²) in [5, 5.41) is 7.40. The molecule has 1 aromatic carbocycles. The van der Waals surface area contributed by atoms with Crippen LogP contribution in [0.2, 0.25) is 5.02 Å². The number of hydrogen-bond donors (Lipinski definition) is 1. The maximum Gasteiger partial charge on any atom is 0.257 e. The summed E-state index contributed by atoms with van der Waals surface area (Å²) in [4.78, 5) is 13.3. The van der Waals surface area contributed by atoms with E-state index in [2.05, 4.69) is 17.4 Å². The van der Waals surface area contributed by atoms with Crippen LogP contribution in [0, 0.1) is 35.9 Å². The zero-order valence-electron chi connectivity index (χ0n) is 16.8. The van der Waals surface area contributed by atoms with Crippen molar-refractivity contribution in [2.45, 2.75) is 58.4 Å². The Kier molecular flexibility index (Phi) is 4.50. The highest BCUT2D eigenvalue weighted by molar-refractivity contribution is 6.33. The molecule has 29 heavy (non-hydrogen) atoms. The van der Waals surface area contributed by atoms with Gasteiger partial charge in [-0.2, -0.15) is 0 Å². The van der Waals surface area contributed by atoms with Crippen molar-refractivity contribution in [3.63, 3.8) is 0 Å². The first-order valence-corrected chi connectivity index (χ1v) is 11.0. The quantitative estimate of drug-likeness (QED) is 0.687. The number of halogens is 2. The Morgan fingerprint density at radius 3 is 2.45 bits per heavy atom. The van der Waals surface area contributed by atoms with Crippen molar-refractivity contribution in [2.24, 2.45) is 23.2 Å². The predicted molar refractivity (Wildman–Crippen MR) is 109 cm³/mol. The highest BCUT2D eigenvalue weighted by Crippen LogP contribution is 2.61. The van der Waals surface area contributed by atoms with Gasteiger partial charge in [0.15, 0.2) is 0 Å². The fraction of sp³-hybridized carbons (Fsp3) is 0.565. The Hall–Kier alpha value is -1.88. The molecule has 6 rings (SSSR count). The van der Waals surface area contributed by atoms with Crippen LogP contribution < -0.4 is 5.32 Å². The maximum atomic E-state index is 14.5. The molecule has 1 heterocycles. The van der Waals surface area contributed by atoms with Gasteiger partial charge < -0.3 is 9.84 Å². The molecule has 0 aliphatic heterocycles. The summed E-state index contributed by atoms with van der Waals surface area (Å²) >= 11 is 6.21. The van der Waals surface area contributed by atoms with E-state index in [-0.39, 0.29) is 39.2 Å². The molecule has 4 aliphatic rings. The van der Waals surface area contributed by atoms with Gasteiger partial charge in [-0.3, -0.25) is 4.79 Å². The third-order valence-electron chi connectivity index (χ3n) is 7.64. The summed E-state index contributed by atoms with van der Waals surface area (Å²) in [7, 11) is 0. The molecule has 0 unspecified atom stereocenters. The van der Waals surface area contributed by atoms with Gasteiger partial charge in [-0.25, -0.2) is 4.39 Å². The van der Waals surface area contributed by atoms with Gasteiger partial charge in [-0.1, -0.05) is 22.8 Å². The summed E-state index contributed by atoms with van der Waals surface area (Å²) in [5.74, 6) is 2.02. The average molecular weight is 417 g/mol. The van der Waals surface area contributed by atoms with E-state index in [1.165, 1.54) is 50.7 Å². The number of aryl methyl sites for hydroxylation is 1. The van der Waals surface area contributed by atoms with Crippen LogP contribution >= 0.6 is 11.6 Å². The number of amides is 1. The van der Waals surface area contributed by atoms with Crippen LogP contribution in [0.15, 0.2) is 22.7 Å². The molecule has 1 amide bonds. The lowest BCUT2D eigenvalue weighted by atomic mass is 9.48. The number of aromatic nitrogens is 1. The second-order valence-electron chi connectivity index (χ2n) is 9.53. The number of rotatable bonds is 4. The Balaban J connectivity index is 1.43. The SMILES string of the molecule is Cc1onc(-c2c(F)cccc2Cl)c1C(=O)N[C@@H](C)C12CC3CC(CC(C3)C1)C2. The van der Waals surface area contributed by atoms with E-state index in [0.717, 1.165) is 17.8 Å². The molecular formula is C23H26ClFN2O2. The van der Waals surface area contributed by atoms with Crippen molar-refractivity contribution in [3.05, 3.63) is 40.4 Å². The first-order chi connectivity index (χ1) is 13.9. The number of nitrogens with zero attached hydrogens (tertiary/aromatic N) is 1. The van der Waals surface area contributed by atoms with E-state index in [1.54, 1.807) is 13.0 Å². The van der Waals surface area contributed by atoms with E-state index in [1.807, 2.05) is 0 Å². The molecule has 4 aliphatic carbocycles. The molecule has 6 heteroatoms. The maximum absolute atomic E-state index is 14.5. The van der Waals surface area contributed by atoms with Gasteiger partial charge in [-0.05, 0) is 87.7 Å². The molecule has 2 aromatic rings. The van der Waals surface area contributed by atoms with E-state index in [4.69, 9.17) is 16.1 Å². The van der Waals surface area contributed by atoms with Crippen molar-refractivity contribution in [3.8, 4) is 11.3 Å². The highest BCUT2D eigenvalue weighted by atomic mass is 35.5. The van der Waals surface area contributed by atoms with Crippen LogP contribution in [0.1, 0.15) is 61.6 Å². The number of hydrogen-bond acceptors (Lipinski definition) is 3. The molecule has 4 bridgehead atoms. The van der Waals surface area contributed by atoms with E-state index < -0.39 is 5.82 Å². The lowest BCUT2D eigenvalue weighted by Crippen LogP contribution is -2.55. The molecule has 1 atom stereocenters. The highest BCUT2D eigenvalue weighted by Gasteiger charge is 2.53. The summed E-state index contributed by atoms with van der Waals surface area (Å²) < 4.78 is 19.7. The van der Waals surface area contributed by atoms with Gasteiger partial charge in [0.05, 0.1) is 10.6 Å². The fourth-order valence-electron chi connectivity index (χ4n) is 6.66. The van der Waals surface area contributed by atoms with Crippen LogP contribution in [-0.2, 0) is 0 Å². The minimum Gasteiger partial charge on any atom is -0.360 e. The Bertz CT molecular complexity index is 914. The molecular weight excluding hydrogens is 391 g/mol. The topological polar surface area (TPSA) is 55.1 Å². The van der Waals surface area contributed by atoms with Crippen LogP contribution in [0.5, 0.6) is 0 Å². The normalized spacial score (nSPS) is 31.1. The standard InChI is InChI=1S/C23H26ClFN2O2/c1-12-19(21(27-29-12)20-17(24)4-3-5-18(20)25)22(28)26-13(2)23-9-14-6-15(10-23)8-16(7-14)11-23/h3-5,13-16H,6-11H2,1-2H3,(H,26,28)/t13-,14?,15?,16?,23?/m0/s1. The third-order valence-corrected chi connectivity index (χ3v) is 7.96. The van der Waals surface area contributed by atoms with Crippen molar-refractivity contribution < 1.29 is 13.7 Å². The Labute approximate surface area is 175 Å². The van der Waals surface area contributed by atoms with Gasteiger partial charge in [0.1, 0.15) is 22.8 Å². The van der Waals surface area contributed by atoms with Crippen LogP contribution in [0.4, 0.5) is 4.39 Å². The number of nitrogens with one attached hydrogen (secondary N) is 1. The summed E-state index contributed by atoms with van der Waals surface area (Å²) in [6.45, 7) is 3.80. The summed E-state index contributed by atoms with van der Waals surface area (Å²) in [5.41, 5.74) is 0.735. The Morgan fingerprint density at radius 2 is 1.86 bits per heavy atom. The van der Waals surface area contributed by atoms with Crippen molar-refractivity contribution in [1.82, 2.24) is 10.5 Å². The predicted octanol–water partition coefficient (Wildman–Crippen LogP) is 5.78. The van der Waals surface area contributed by atoms with E-state index in [0.29, 0.717) is 5.76 Å². The lowest BCUT2D eigenvalue weighted by molar-refractivity contribution is -0.0688. The van der Waals surface area contributed by atoms with Crippen molar-refractivity contribution in [1.29, 1.82) is 0 Å². The first kappa shape index (κ1) is 19.1.